The minimum absolute atomic E-state index is 0.240. The second-order valence-corrected chi connectivity index (χ2v) is 4.21. The van der Waals surface area contributed by atoms with Crippen LogP contribution in [0.3, 0.4) is 0 Å². The van der Waals surface area contributed by atoms with E-state index in [1.807, 2.05) is 18.2 Å². The number of aromatic nitrogens is 1. The maximum Gasteiger partial charge on any atom is 0.284 e. The molecule has 0 N–H and O–H groups in total. The molecule has 0 aliphatic heterocycles. The van der Waals surface area contributed by atoms with Crippen LogP contribution in [0.5, 0.6) is 0 Å². The molecule has 0 saturated heterocycles. The molecule has 0 aliphatic rings. The summed E-state index contributed by atoms with van der Waals surface area (Å²) in [5, 5.41) is 0.969. The van der Waals surface area contributed by atoms with E-state index in [-0.39, 0.29) is 11.4 Å². The van der Waals surface area contributed by atoms with Gasteiger partial charge in [-0.05, 0) is 24.3 Å². The molecule has 1 aromatic heterocycles. The Morgan fingerprint density at radius 1 is 1.00 bits per heavy atom. The topological polar surface area (TPSA) is 43.1 Å². The first-order chi connectivity index (χ1) is 8.75. The third-order valence-corrected chi connectivity index (χ3v) is 2.96. The minimum Gasteiger partial charge on any atom is -0.437 e. The molecule has 0 radical (unpaired) electrons. The fraction of sp³-hybridized carbons (Fsp3) is 0. The maximum atomic E-state index is 11.9. The zero-order chi connectivity index (χ0) is 12.5. The predicted octanol–water partition coefficient (Wildman–Crippen LogP) is 3.51. The van der Waals surface area contributed by atoms with E-state index < -0.39 is 0 Å². The van der Waals surface area contributed by atoms with Crippen LogP contribution in [0.25, 0.3) is 22.4 Å². The van der Waals surface area contributed by atoms with Gasteiger partial charge in [-0.2, -0.15) is 4.98 Å². The quantitative estimate of drug-likeness (QED) is 0.670. The summed E-state index contributed by atoms with van der Waals surface area (Å²) < 4.78 is 5.61. The average molecular weight is 258 g/mol. The number of rotatable bonds is 1. The van der Waals surface area contributed by atoms with Gasteiger partial charge in [-0.3, -0.25) is 4.79 Å². The smallest absolute Gasteiger partial charge is 0.284 e. The largest absolute Gasteiger partial charge is 0.437 e. The molecule has 0 atom stereocenters. The van der Waals surface area contributed by atoms with Gasteiger partial charge in [0.2, 0.25) is 5.89 Å². The van der Waals surface area contributed by atoms with Gasteiger partial charge < -0.3 is 4.42 Å². The van der Waals surface area contributed by atoms with Crippen molar-refractivity contribution in [1.82, 2.24) is 4.98 Å². The van der Waals surface area contributed by atoms with Gasteiger partial charge in [0.15, 0.2) is 0 Å². The molecule has 3 rings (SSSR count). The van der Waals surface area contributed by atoms with E-state index in [1.165, 1.54) is 0 Å². The van der Waals surface area contributed by atoms with Crippen molar-refractivity contribution in [3.05, 3.63) is 63.9 Å². The highest BCUT2D eigenvalue weighted by molar-refractivity contribution is 6.33. The number of hydrogen-bond donors (Lipinski definition) is 0. The lowest BCUT2D eigenvalue weighted by atomic mass is 10.2. The summed E-state index contributed by atoms with van der Waals surface area (Å²) in [7, 11) is 0. The molecule has 4 heteroatoms. The highest BCUT2D eigenvalue weighted by atomic mass is 35.5. The molecule has 2 aromatic carbocycles. The fourth-order valence-electron chi connectivity index (χ4n) is 1.76. The highest BCUT2D eigenvalue weighted by Crippen LogP contribution is 2.26. The summed E-state index contributed by atoms with van der Waals surface area (Å²) in [6.45, 7) is 0. The molecule has 0 fully saturated rings. The van der Waals surface area contributed by atoms with E-state index in [2.05, 4.69) is 4.98 Å². The normalized spacial score (nSPS) is 10.7. The van der Waals surface area contributed by atoms with Crippen LogP contribution in [0, 0.1) is 0 Å². The van der Waals surface area contributed by atoms with Crippen LogP contribution in [0.15, 0.2) is 57.7 Å². The number of benzene rings is 2. The van der Waals surface area contributed by atoms with Gasteiger partial charge in [-0.1, -0.05) is 35.9 Å². The standard InChI is InChI=1S/C14H8ClNO2/c15-11-7-3-1-5-9(11)14-16-13(17)10-6-2-4-8-12(10)18-14/h1-8H. The first-order valence-corrected chi connectivity index (χ1v) is 5.78. The Morgan fingerprint density at radius 2 is 1.72 bits per heavy atom. The molecule has 0 spiro atoms. The number of nitrogens with zero attached hydrogens (tertiary/aromatic N) is 1. The first-order valence-electron chi connectivity index (χ1n) is 5.40. The van der Waals surface area contributed by atoms with Crippen LogP contribution in [0.4, 0.5) is 0 Å². The Kier molecular flexibility index (Phi) is 2.61. The Balaban J connectivity index is 2.32. The SMILES string of the molecule is O=c1nc(-c2ccccc2Cl)oc2ccccc12. The first kappa shape index (κ1) is 11.0. The molecular weight excluding hydrogens is 250 g/mol. The van der Waals surface area contributed by atoms with Gasteiger partial charge in [0.1, 0.15) is 5.58 Å². The van der Waals surface area contributed by atoms with Crippen LogP contribution in [-0.4, -0.2) is 4.98 Å². The van der Waals surface area contributed by atoms with Gasteiger partial charge in [0, 0.05) is 0 Å². The predicted molar refractivity (Wildman–Crippen MR) is 70.7 cm³/mol. The van der Waals surface area contributed by atoms with E-state index in [4.69, 9.17) is 16.0 Å². The van der Waals surface area contributed by atoms with E-state index >= 15 is 0 Å². The van der Waals surface area contributed by atoms with Crippen LogP contribution in [0.1, 0.15) is 0 Å². The number of halogens is 1. The van der Waals surface area contributed by atoms with Crippen molar-refractivity contribution >= 4 is 22.6 Å². The van der Waals surface area contributed by atoms with E-state index in [0.29, 0.717) is 21.6 Å². The molecule has 3 nitrogen and oxygen atoms in total. The van der Waals surface area contributed by atoms with Crippen molar-refractivity contribution in [2.45, 2.75) is 0 Å². The summed E-state index contributed by atoms with van der Waals surface area (Å²) in [6.07, 6.45) is 0. The highest BCUT2D eigenvalue weighted by Gasteiger charge is 2.10. The van der Waals surface area contributed by atoms with Crippen LogP contribution < -0.4 is 5.56 Å². The summed E-state index contributed by atoms with van der Waals surface area (Å²) in [5.74, 6) is 0.240. The van der Waals surface area contributed by atoms with E-state index in [1.54, 1.807) is 30.3 Å². The Hall–Kier alpha value is -2.13. The lowest BCUT2D eigenvalue weighted by Gasteiger charge is -2.03. The van der Waals surface area contributed by atoms with Gasteiger partial charge in [0.05, 0.1) is 16.0 Å². The molecule has 1 heterocycles. The number of fused-ring (bicyclic) bond motifs is 1. The lowest BCUT2D eigenvalue weighted by molar-refractivity contribution is 0.595. The number of hydrogen-bond acceptors (Lipinski definition) is 3. The van der Waals surface area contributed by atoms with Crippen molar-refractivity contribution < 1.29 is 4.42 Å². The Labute approximate surface area is 108 Å². The summed E-state index contributed by atoms with van der Waals surface area (Å²) in [6, 6.07) is 14.1. The molecule has 0 amide bonds. The van der Waals surface area contributed by atoms with Crippen molar-refractivity contribution in [3.63, 3.8) is 0 Å². The van der Waals surface area contributed by atoms with Crippen LogP contribution >= 0.6 is 11.6 Å². The number of para-hydroxylation sites is 1. The monoisotopic (exact) mass is 257 g/mol. The summed E-state index contributed by atoms with van der Waals surface area (Å²) in [4.78, 5) is 15.8. The zero-order valence-electron chi connectivity index (χ0n) is 9.26. The summed E-state index contributed by atoms with van der Waals surface area (Å²) in [5.41, 5.74) is 0.807. The van der Waals surface area contributed by atoms with Crippen molar-refractivity contribution in [1.29, 1.82) is 0 Å². The van der Waals surface area contributed by atoms with E-state index in [9.17, 15) is 4.79 Å². The molecule has 3 aromatic rings. The molecule has 0 bridgehead atoms. The van der Waals surface area contributed by atoms with E-state index in [0.717, 1.165) is 0 Å². The maximum absolute atomic E-state index is 11.9. The van der Waals surface area contributed by atoms with Gasteiger partial charge >= 0.3 is 0 Å². The molecule has 0 unspecified atom stereocenters. The average Bonchev–Trinajstić information content (AvgIpc) is 2.39. The van der Waals surface area contributed by atoms with Crippen LogP contribution in [0.2, 0.25) is 5.02 Å². The van der Waals surface area contributed by atoms with Crippen molar-refractivity contribution in [3.8, 4) is 11.5 Å². The molecular formula is C14H8ClNO2. The lowest BCUT2D eigenvalue weighted by Crippen LogP contribution is -2.07. The van der Waals surface area contributed by atoms with Crippen molar-refractivity contribution in [2.75, 3.05) is 0 Å². The molecule has 0 saturated carbocycles. The molecule has 0 aliphatic carbocycles. The molecule has 88 valence electrons. The second-order valence-electron chi connectivity index (χ2n) is 3.80. The van der Waals surface area contributed by atoms with Gasteiger partial charge in [-0.25, -0.2) is 0 Å². The Bertz CT molecular complexity index is 780. The zero-order valence-corrected chi connectivity index (χ0v) is 10.0. The second kappa shape index (κ2) is 4.27. The fourth-order valence-corrected chi connectivity index (χ4v) is 1.98. The van der Waals surface area contributed by atoms with Gasteiger partial charge in [-0.15, -0.1) is 0 Å². The molecule has 18 heavy (non-hydrogen) atoms. The third kappa shape index (κ3) is 1.79. The van der Waals surface area contributed by atoms with Gasteiger partial charge in [0.25, 0.3) is 5.56 Å². The third-order valence-electron chi connectivity index (χ3n) is 2.63. The minimum atomic E-state index is -0.313. The van der Waals surface area contributed by atoms with Crippen LogP contribution in [-0.2, 0) is 0 Å². The Morgan fingerprint density at radius 3 is 2.56 bits per heavy atom. The summed E-state index contributed by atoms with van der Waals surface area (Å²) >= 11 is 6.06. The van der Waals surface area contributed by atoms with Crippen molar-refractivity contribution in [2.24, 2.45) is 0 Å².